The smallest absolute Gasteiger partial charge is 0.129 e. The molecule has 0 unspecified atom stereocenters. The number of halogens is 1. The number of piperidine rings is 1. The number of nitrogens with zero attached hydrogens (tertiary/aromatic N) is 2. The lowest BCUT2D eigenvalue weighted by molar-refractivity contribution is 0.146. The Kier molecular flexibility index (Phi) is 4.81. The van der Waals surface area contributed by atoms with E-state index in [1.54, 1.807) is 0 Å². The Morgan fingerprint density at radius 1 is 1.41 bits per heavy atom. The average molecular weight is 253 g/mol. The molecule has 2 heterocycles. The van der Waals surface area contributed by atoms with E-state index in [4.69, 9.17) is 11.6 Å². The van der Waals surface area contributed by atoms with Crippen LogP contribution in [0.3, 0.4) is 0 Å². The van der Waals surface area contributed by atoms with Crippen molar-refractivity contribution in [3.8, 4) is 0 Å². The van der Waals surface area contributed by atoms with Crippen molar-refractivity contribution in [3.05, 3.63) is 29.0 Å². The van der Waals surface area contributed by atoms with E-state index in [-0.39, 0.29) is 0 Å². The molecule has 0 aromatic carbocycles. The van der Waals surface area contributed by atoms with Gasteiger partial charge >= 0.3 is 0 Å². The van der Waals surface area contributed by atoms with Gasteiger partial charge < -0.3 is 0 Å². The summed E-state index contributed by atoms with van der Waals surface area (Å²) in [6.45, 7) is 4.69. The summed E-state index contributed by atoms with van der Waals surface area (Å²) in [4.78, 5) is 6.82. The van der Waals surface area contributed by atoms with Crippen molar-refractivity contribution in [2.45, 2.75) is 45.1 Å². The fraction of sp³-hybridized carbons (Fsp3) is 0.643. The van der Waals surface area contributed by atoms with E-state index in [1.807, 2.05) is 12.3 Å². The van der Waals surface area contributed by atoms with Crippen LogP contribution >= 0.6 is 11.6 Å². The Labute approximate surface area is 109 Å². The maximum atomic E-state index is 5.85. The van der Waals surface area contributed by atoms with Crippen LogP contribution in [-0.2, 0) is 0 Å². The third-order valence-electron chi connectivity index (χ3n) is 3.55. The lowest BCUT2D eigenvalue weighted by Crippen LogP contribution is -2.34. The fourth-order valence-corrected chi connectivity index (χ4v) is 2.69. The molecular formula is C14H21ClN2. The van der Waals surface area contributed by atoms with Crippen LogP contribution in [0.5, 0.6) is 0 Å². The summed E-state index contributed by atoms with van der Waals surface area (Å²) in [5, 5.41) is 0.588. The zero-order valence-electron chi connectivity index (χ0n) is 10.5. The van der Waals surface area contributed by atoms with Gasteiger partial charge in [-0.25, -0.2) is 4.98 Å². The van der Waals surface area contributed by atoms with Crippen LogP contribution in [0.1, 0.15) is 50.6 Å². The van der Waals surface area contributed by atoms with Crippen molar-refractivity contribution < 1.29 is 0 Å². The van der Waals surface area contributed by atoms with E-state index in [1.165, 1.54) is 50.8 Å². The molecule has 2 nitrogen and oxygen atoms in total. The van der Waals surface area contributed by atoms with Gasteiger partial charge in [-0.05, 0) is 44.0 Å². The molecule has 0 spiro atoms. The normalized spacial score (nSPS) is 21.6. The molecule has 0 radical (unpaired) electrons. The Balaban J connectivity index is 2.07. The van der Waals surface area contributed by atoms with Crippen LogP contribution in [0.15, 0.2) is 18.3 Å². The summed E-state index contributed by atoms with van der Waals surface area (Å²) < 4.78 is 0. The van der Waals surface area contributed by atoms with Gasteiger partial charge in [-0.3, -0.25) is 4.90 Å². The first-order valence-electron chi connectivity index (χ1n) is 6.66. The van der Waals surface area contributed by atoms with Crippen LogP contribution in [0.2, 0.25) is 5.15 Å². The molecule has 1 saturated heterocycles. The summed E-state index contributed by atoms with van der Waals surface area (Å²) in [5.41, 5.74) is 1.32. The first kappa shape index (κ1) is 12.8. The number of aromatic nitrogens is 1. The van der Waals surface area contributed by atoms with Crippen LogP contribution in [-0.4, -0.2) is 23.0 Å². The Hall–Kier alpha value is -0.600. The van der Waals surface area contributed by atoms with E-state index in [0.29, 0.717) is 11.2 Å². The highest BCUT2D eigenvalue weighted by atomic mass is 35.5. The Morgan fingerprint density at radius 3 is 3.00 bits per heavy atom. The van der Waals surface area contributed by atoms with Gasteiger partial charge in [0.15, 0.2) is 0 Å². The number of hydrogen-bond acceptors (Lipinski definition) is 2. The fourth-order valence-electron chi connectivity index (χ4n) is 2.58. The Bertz CT molecular complexity index is 337. The molecule has 1 aliphatic heterocycles. The monoisotopic (exact) mass is 252 g/mol. The van der Waals surface area contributed by atoms with Gasteiger partial charge in [-0.1, -0.05) is 37.4 Å². The lowest BCUT2D eigenvalue weighted by Gasteiger charge is -2.35. The third kappa shape index (κ3) is 3.43. The number of pyridine rings is 1. The zero-order valence-corrected chi connectivity index (χ0v) is 11.3. The van der Waals surface area contributed by atoms with E-state index in [9.17, 15) is 0 Å². The minimum Gasteiger partial charge on any atom is -0.296 e. The van der Waals surface area contributed by atoms with Gasteiger partial charge in [-0.15, -0.1) is 0 Å². The topological polar surface area (TPSA) is 16.1 Å². The summed E-state index contributed by atoms with van der Waals surface area (Å²) in [6, 6.07) is 4.59. The van der Waals surface area contributed by atoms with Crippen LogP contribution in [0.4, 0.5) is 0 Å². The highest BCUT2D eigenvalue weighted by Gasteiger charge is 2.23. The molecule has 0 saturated carbocycles. The van der Waals surface area contributed by atoms with Crippen molar-refractivity contribution in [1.82, 2.24) is 9.88 Å². The highest BCUT2D eigenvalue weighted by Crippen LogP contribution is 2.30. The molecule has 1 atom stereocenters. The van der Waals surface area contributed by atoms with Crippen molar-refractivity contribution in [2.75, 3.05) is 13.1 Å². The first-order valence-corrected chi connectivity index (χ1v) is 7.04. The largest absolute Gasteiger partial charge is 0.296 e. The molecular weight excluding hydrogens is 232 g/mol. The second-order valence-corrected chi connectivity index (χ2v) is 5.20. The van der Waals surface area contributed by atoms with Gasteiger partial charge in [0, 0.05) is 12.2 Å². The molecule has 0 aliphatic carbocycles. The molecule has 1 fully saturated rings. The quantitative estimate of drug-likeness (QED) is 0.752. The summed E-state index contributed by atoms with van der Waals surface area (Å²) in [7, 11) is 0. The minimum atomic E-state index is 0.556. The SMILES string of the molecule is CCCCN1CCCC[C@H]1c1ccc(Cl)nc1. The molecule has 17 heavy (non-hydrogen) atoms. The van der Waals surface area contributed by atoms with Crippen LogP contribution in [0, 0.1) is 0 Å². The second kappa shape index (κ2) is 6.36. The minimum absolute atomic E-state index is 0.556. The first-order chi connectivity index (χ1) is 8.31. The summed E-state index contributed by atoms with van der Waals surface area (Å²) in [6.07, 6.45) is 8.42. The molecule has 2 rings (SSSR count). The van der Waals surface area contributed by atoms with Crippen molar-refractivity contribution >= 4 is 11.6 Å². The van der Waals surface area contributed by atoms with E-state index >= 15 is 0 Å². The maximum absolute atomic E-state index is 5.85. The predicted octanol–water partition coefficient (Wildman–Crippen LogP) is 4.06. The predicted molar refractivity (Wildman–Crippen MR) is 72.3 cm³/mol. The van der Waals surface area contributed by atoms with Gasteiger partial charge in [0.1, 0.15) is 5.15 Å². The van der Waals surface area contributed by atoms with Crippen LogP contribution < -0.4 is 0 Å². The standard InChI is InChI=1S/C14H21ClN2/c1-2-3-9-17-10-5-4-6-13(17)12-7-8-14(15)16-11-12/h7-8,11,13H,2-6,9-10H2,1H3/t13-/m0/s1. The van der Waals surface area contributed by atoms with Crippen molar-refractivity contribution in [2.24, 2.45) is 0 Å². The second-order valence-electron chi connectivity index (χ2n) is 4.82. The molecule has 0 amide bonds. The molecule has 3 heteroatoms. The highest BCUT2D eigenvalue weighted by molar-refractivity contribution is 6.29. The van der Waals surface area contributed by atoms with Crippen molar-refractivity contribution in [1.29, 1.82) is 0 Å². The van der Waals surface area contributed by atoms with E-state index < -0.39 is 0 Å². The molecule has 0 N–H and O–H groups in total. The molecule has 1 aromatic rings. The molecule has 0 bridgehead atoms. The molecule has 94 valence electrons. The zero-order chi connectivity index (χ0) is 12.1. The third-order valence-corrected chi connectivity index (χ3v) is 3.77. The number of unbranched alkanes of at least 4 members (excludes halogenated alkanes) is 1. The number of hydrogen-bond donors (Lipinski definition) is 0. The Morgan fingerprint density at radius 2 is 2.29 bits per heavy atom. The van der Waals surface area contributed by atoms with Gasteiger partial charge in [0.25, 0.3) is 0 Å². The average Bonchev–Trinajstić information content (AvgIpc) is 2.38. The number of rotatable bonds is 4. The lowest BCUT2D eigenvalue weighted by atomic mass is 9.96. The maximum Gasteiger partial charge on any atom is 0.129 e. The van der Waals surface area contributed by atoms with Crippen LogP contribution in [0.25, 0.3) is 0 Å². The van der Waals surface area contributed by atoms with E-state index in [0.717, 1.165) is 0 Å². The van der Waals surface area contributed by atoms with Gasteiger partial charge in [0.2, 0.25) is 0 Å². The van der Waals surface area contributed by atoms with Crippen molar-refractivity contribution in [3.63, 3.8) is 0 Å². The summed E-state index contributed by atoms with van der Waals surface area (Å²) >= 11 is 5.85. The van der Waals surface area contributed by atoms with Gasteiger partial charge in [-0.2, -0.15) is 0 Å². The summed E-state index contributed by atoms with van der Waals surface area (Å²) in [5.74, 6) is 0. The van der Waals surface area contributed by atoms with Gasteiger partial charge in [0.05, 0.1) is 0 Å². The molecule has 1 aromatic heterocycles. The molecule has 1 aliphatic rings. The number of likely N-dealkylation sites (tertiary alicyclic amines) is 1. The van der Waals surface area contributed by atoms with E-state index in [2.05, 4.69) is 22.9 Å².